The van der Waals surface area contributed by atoms with E-state index in [1.807, 2.05) is 155 Å². The number of H-pyrrole nitrogens is 4. The molecule has 0 saturated heterocycles. The molecule has 8 aliphatic rings. The van der Waals surface area contributed by atoms with Gasteiger partial charge in [0.15, 0.2) is 51.9 Å². The van der Waals surface area contributed by atoms with Crippen molar-refractivity contribution in [1.29, 1.82) is 0 Å². The summed E-state index contributed by atoms with van der Waals surface area (Å²) in [6, 6.07) is 22.9. The van der Waals surface area contributed by atoms with Crippen LogP contribution in [0.25, 0.3) is 90.2 Å². The maximum Gasteiger partial charge on any atom is 0.349 e. The van der Waals surface area contributed by atoms with E-state index in [0.29, 0.717) is 119 Å². The van der Waals surface area contributed by atoms with Gasteiger partial charge >= 0.3 is 34.7 Å². The van der Waals surface area contributed by atoms with Gasteiger partial charge in [-0.3, -0.25) is 53.5 Å². The molecule has 34 heteroatoms. The Hall–Kier alpha value is -12.8. The van der Waals surface area contributed by atoms with Gasteiger partial charge in [-0.05, 0) is 234 Å². The number of carboxylic acid groups (broad SMARTS) is 1. The highest BCUT2D eigenvalue weighted by Gasteiger charge is 2.25. The first-order valence-corrected chi connectivity index (χ1v) is 38.1. The van der Waals surface area contributed by atoms with Crippen LogP contribution in [0.5, 0.6) is 0 Å². The van der Waals surface area contributed by atoms with E-state index in [2.05, 4.69) is 81.1 Å². The third kappa shape index (κ3) is 21.3. The first kappa shape index (κ1) is 85.6. The van der Waals surface area contributed by atoms with Gasteiger partial charge in [0.25, 0.3) is 22.2 Å². The first-order valence-electron chi connectivity index (χ1n) is 38.1. The Labute approximate surface area is 663 Å². The van der Waals surface area contributed by atoms with Crippen LogP contribution < -0.4 is 66.3 Å². The van der Waals surface area contributed by atoms with Gasteiger partial charge in [-0.15, -0.1) is 0 Å². The number of ether oxygens (including phenoxy) is 1. The summed E-state index contributed by atoms with van der Waals surface area (Å²) in [6.45, 7) is 32.3. The van der Waals surface area contributed by atoms with Gasteiger partial charge in [0.05, 0.1) is 50.1 Å². The smallest absolute Gasteiger partial charge is 0.349 e. The van der Waals surface area contributed by atoms with Gasteiger partial charge in [0, 0.05) is 76.5 Å². The highest BCUT2D eigenvalue weighted by Crippen LogP contribution is 2.29. The van der Waals surface area contributed by atoms with E-state index in [1.165, 1.54) is 6.92 Å². The molecule has 5 aromatic carbocycles. The number of nitrogens with zero attached hydrogens (tertiary/aromatic N) is 12. The SMILES string of the molecule is CC(=O)CCCNCCn1c2nc(=O)[nH]c(=O)c-2nc2cc(C)c(C)cc21.CC(=O)c1cccc(NCCn2c3nc(=O)[nH]c(=O)c-3nc3cc(C)c(C)cc32)c1.Cc1cc2nc3c(=O)[nH]c(=O)nc-3n(CCNCCCC(=O)OC(C)(C)C)c2cc1C.Cc1cc2nc3c(=O)[nH]c(=O)nc-3n(CCNCC[C@H](C)C(=O)O)c2cc1C. The molecule has 0 aromatic heterocycles. The number of nitrogens with one attached hydrogen (secondary N) is 8. The lowest BCUT2D eigenvalue weighted by Crippen LogP contribution is -2.30. The molecule has 608 valence electrons. The number of anilines is 1. The summed E-state index contributed by atoms with van der Waals surface area (Å²) < 4.78 is 12.7. The second-order valence-electron chi connectivity index (χ2n) is 29.8. The molecule has 9 N–H and O–H groups in total. The van der Waals surface area contributed by atoms with Crippen LogP contribution in [-0.2, 0) is 45.3 Å². The molecule has 0 spiro atoms. The van der Waals surface area contributed by atoms with Crippen molar-refractivity contribution in [3.05, 3.63) is 206 Å². The van der Waals surface area contributed by atoms with Crippen molar-refractivity contribution in [1.82, 2.24) is 94.0 Å². The zero-order valence-electron chi connectivity index (χ0n) is 67.4. The van der Waals surface area contributed by atoms with Crippen LogP contribution in [-0.4, -0.2) is 158 Å². The van der Waals surface area contributed by atoms with Crippen LogP contribution in [0.2, 0.25) is 0 Å². The molecule has 0 saturated carbocycles. The molecule has 13 rings (SSSR count). The maximum atomic E-state index is 12.3. The molecule has 34 nitrogen and oxygen atoms in total. The molecule has 0 unspecified atom stereocenters. The number of rotatable bonds is 26. The van der Waals surface area contributed by atoms with Gasteiger partial charge in [0.1, 0.15) is 11.4 Å². The highest BCUT2D eigenvalue weighted by atomic mass is 16.6. The molecule has 0 radical (unpaired) electrons. The summed E-state index contributed by atoms with van der Waals surface area (Å²) in [5, 5.41) is 22.0. The second-order valence-corrected chi connectivity index (χ2v) is 29.8. The normalized spacial score (nSPS) is 11.7. The first-order chi connectivity index (χ1) is 55.0. The van der Waals surface area contributed by atoms with Gasteiger partial charge in [-0.1, -0.05) is 19.1 Å². The minimum Gasteiger partial charge on any atom is -0.481 e. The van der Waals surface area contributed by atoms with Crippen molar-refractivity contribution < 1.29 is 29.0 Å². The number of benzene rings is 5. The number of hydrogen-bond donors (Lipinski definition) is 9. The Balaban J connectivity index is 0.000000163. The molecule has 8 heterocycles. The van der Waals surface area contributed by atoms with Gasteiger partial charge < -0.3 is 54.2 Å². The molecular formula is C82H96N20O14. The summed E-state index contributed by atoms with van der Waals surface area (Å²) in [7, 11) is 0. The molecule has 1 atom stereocenters. The molecular weight excluding hydrogens is 1490 g/mol. The van der Waals surface area contributed by atoms with E-state index < -0.39 is 62.5 Å². The predicted molar refractivity (Wildman–Crippen MR) is 442 cm³/mol. The van der Waals surface area contributed by atoms with E-state index >= 15 is 0 Å². The fraction of sp³-hybridized carbons (Fsp3) is 0.390. The molecule has 0 bridgehead atoms. The Morgan fingerprint density at radius 2 is 0.750 bits per heavy atom. The Morgan fingerprint density at radius 3 is 1.07 bits per heavy atom. The number of esters is 1. The zero-order valence-corrected chi connectivity index (χ0v) is 67.4. The van der Waals surface area contributed by atoms with Crippen molar-refractivity contribution >= 4 is 73.3 Å². The summed E-state index contributed by atoms with van der Waals surface area (Å²) >= 11 is 0. The average Bonchev–Trinajstić information content (AvgIpc) is 0.773. The lowest BCUT2D eigenvalue weighted by atomic mass is 10.1. The van der Waals surface area contributed by atoms with Crippen molar-refractivity contribution in [3.63, 3.8) is 0 Å². The Bertz CT molecular complexity index is 6260. The lowest BCUT2D eigenvalue weighted by Gasteiger charge is -2.19. The summed E-state index contributed by atoms with van der Waals surface area (Å²) in [5.41, 5.74) is 11.0. The van der Waals surface area contributed by atoms with Gasteiger partial charge in [0.2, 0.25) is 0 Å². The summed E-state index contributed by atoms with van der Waals surface area (Å²) in [5.74, 6) is -0.247. The predicted octanol–water partition coefficient (Wildman–Crippen LogP) is 6.49. The Morgan fingerprint density at radius 1 is 0.431 bits per heavy atom. The number of aromatic nitrogens is 16. The van der Waals surface area contributed by atoms with Gasteiger partial charge in [-0.2, -0.15) is 19.9 Å². The summed E-state index contributed by atoms with van der Waals surface area (Å²) in [6.07, 6.45) is 2.83. The van der Waals surface area contributed by atoms with Crippen LogP contribution in [0.1, 0.15) is 129 Å². The third-order valence-corrected chi connectivity index (χ3v) is 19.6. The van der Waals surface area contributed by atoms with Crippen molar-refractivity contribution in [2.45, 2.75) is 161 Å². The van der Waals surface area contributed by atoms with E-state index in [1.54, 1.807) is 26.0 Å². The van der Waals surface area contributed by atoms with Crippen molar-refractivity contribution in [2.75, 3.05) is 51.1 Å². The van der Waals surface area contributed by atoms with Crippen molar-refractivity contribution in [3.8, 4) is 46.1 Å². The number of fused-ring (bicyclic) bond motifs is 8. The van der Waals surface area contributed by atoms with Crippen LogP contribution in [0, 0.1) is 61.3 Å². The van der Waals surface area contributed by atoms with Crippen LogP contribution >= 0.6 is 0 Å². The maximum absolute atomic E-state index is 12.3. The standard InChI is InChI=1S/C22H29N5O4.C22H21N5O3.C19H23N5O4.C19H23N5O3/c1-13-11-15-16(12-14(13)2)27(19-18(24-15)20(29)26-21(30)25-19)10-9-23-8-6-7-17(28)31-22(3,4)5;1-12-9-17-18(10-13(12)2)27(20-19(24-17)21(29)26-22(30)25-20)8-7-23-16-6-4-5-15(11-16)14(3)28;1-10(18(26)27)4-5-20-6-7-24-14-9-12(3)11(2)8-13(14)21-15-16(24)22-19(28)23-17(15)25;1-11-9-14-15(10-12(11)2)24(8-7-20-6-4-5-13(3)25)17-16(21-14)18(26)23-19(27)22-17/h11-12,23H,6-10H2,1-5H3,(H,26,29,30);4-6,9-11,23H,7-8H2,1-3H3,(H,26,29,30);8-10,20H,4-7H2,1-3H3,(H,26,27)(H,23,25,28);9-10,20H,4-8H2,1-3H3,(H,23,26,27)/t;;10-;/m..0./s1. The lowest BCUT2D eigenvalue weighted by molar-refractivity contribution is -0.155. The van der Waals surface area contributed by atoms with Crippen LogP contribution in [0.15, 0.2) is 111 Å². The van der Waals surface area contributed by atoms with Crippen LogP contribution in [0.4, 0.5) is 5.69 Å². The number of aryl methyl sites for hydroxylation is 8. The average molecular weight is 1590 g/mol. The molecule has 8 aliphatic heterocycles. The molecule has 0 fully saturated rings. The number of aliphatic carboxylic acids is 1. The Kier molecular flexibility index (Phi) is 27.6. The number of hydrogen-bond acceptors (Lipinski definition) is 25. The van der Waals surface area contributed by atoms with E-state index in [4.69, 9.17) is 9.84 Å². The number of carbonyl (C=O) groups excluding carboxylic acids is 3. The van der Waals surface area contributed by atoms with E-state index in [0.717, 1.165) is 85.2 Å². The fourth-order valence-corrected chi connectivity index (χ4v) is 12.9. The monoisotopic (exact) mass is 1580 g/mol. The highest BCUT2D eigenvalue weighted by molar-refractivity contribution is 5.95. The van der Waals surface area contributed by atoms with E-state index in [-0.39, 0.29) is 63.6 Å². The third-order valence-electron chi connectivity index (χ3n) is 19.6. The topological polar surface area (TPSA) is 468 Å². The van der Waals surface area contributed by atoms with Gasteiger partial charge in [-0.25, -0.2) is 39.1 Å². The number of carboxylic acids is 1. The fourth-order valence-electron chi connectivity index (χ4n) is 12.9. The minimum atomic E-state index is -0.820. The number of aromatic amines is 4. The van der Waals surface area contributed by atoms with E-state index in [9.17, 15) is 57.5 Å². The van der Waals surface area contributed by atoms with Crippen LogP contribution in [0.3, 0.4) is 0 Å². The molecule has 0 amide bonds. The quantitative estimate of drug-likeness (QED) is 0.0121. The second kappa shape index (κ2) is 37.4. The number of carbonyl (C=O) groups is 4. The minimum absolute atomic E-state index is 0.00334. The largest absolute Gasteiger partial charge is 0.481 e. The zero-order chi connectivity index (χ0) is 84.1. The molecule has 0 aliphatic carbocycles. The molecule has 5 aromatic rings. The number of ketones is 2. The summed E-state index contributed by atoms with van der Waals surface area (Å²) in [4.78, 5) is 184. The van der Waals surface area contributed by atoms with Crippen molar-refractivity contribution in [2.24, 2.45) is 5.92 Å². The molecule has 116 heavy (non-hydrogen) atoms. The number of Topliss-reactive ketones (excluding diaryl/α,β-unsaturated/α-hetero) is 2.